The summed E-state index contributed by atoms with van der Waals surface area (Å²) < 4.78 is 0. The molecule has 20 heavy (non-hydrogen) atoms. The molecular formula is C12H15ClN6O. The Hall–Kier alpha value is -2.15. The standard InChI is InChI=1S/C12H15ClN6O/c1-14-11-9(13)5-8(6-16-11)12(20)15-4-2-3-10-17-7-18-19-10/h5-7H,2-4H2,1H3,(H,14,16)(H,15,20)(H,17,18,19). The molecule has 2 rings (SSSR count). The van der Waals surface area contributed by atoms with E-state index < -0.39 is 0 Å². The first-order valence-corrected chi connectivity index (χ1v) is 6.54. The van der Waals surface area contributed by atoms with Crippen LogP contribution in [0.3, 0.4) is 0 Å². The highest BCUT2D eigenvalue weighted by molar-refractivity contribution is 6.33. The van der Waals surface area contributed by atoms with Crippen LogP contribution in [0.5, 0.6) is 0 Å². The predicted molar refractivity (Wildman–Crippen MR) is 75.8 cm³/mol. The van der Waals surface area contributed by atoms with Crippen molar-refractivity contribution >= 4 is 23.3 Å². The minimum absolute atomic E-state index is 0.195. The topological polar surface area (TPSA) is 95.6 Å². The molecule has 0 aliphatic carbocycles. The summed E-state index contributed by atoms with van der Waals surface area (Å²) in [7, 11) is 1.72. The van der Waals surface area contributed by atoms with Gasteiger partial charge >= 0.3 is 0 Å². The molecule has 0 radical (unpaired) electrons. The Morgan fingerprint density at radius 2 is 2.30 bits per heavy atom. The maximum atomic E-state index is 11.9. The molecule has 0 aliphatic rings. The van der Waals surface area contributed by atoms with Gasteiger partial charge in [0, 0.05) is 26.2 Å². The van der Waals surface area contributed by atoms with E-state index in [0.717, 1.165) is 18.7 Å². The van der Waals surface area contributed by atoms with Gasteiger partial charge < -0.3 is 10.6 Å². The van der Waals surface area contributed by atoms with Gasteiger partial charge in [0.2, 0.25) is 0 Å². The molecule has 2 aromatic heterocycles. The number of rotatable bonds is 6. The first-order valence-electron chi connectivity index (χ1n) is 6.16. The summed E-state index contributed by atoms with van der Waals surface area (Å²) in [6, 6.07) is 1.59. The molecule has 0 saturated heterocycles. The zero-order chi connectivity index (χ0) is 14.4. The number of halogens is 1. The minimum atomic E-state index is -0.195. The fourth-order valence-electron chi connectivity index (χ4n) is 1.66. The van der Waals surface area contributed by atoms with E-state index in [4.69, 9.17) is 11.6 Å². The van der Waals surface area contributed by atoms with Crippen LogP contribution in [0.15, 0.2) is 18.6 Å². The van der Waals surface area contributed by atoms with Gasteiger partial charge in [-0.2, -0.15) is 5.10 Å². The average Bonchev–Trinajstić information content (AvgIpc) is 2.96. The quantitative estimate of drug-likeness (QED) is 0.697. The highest BCUT2D eigenvalue weighted by Crippen LogP contribution is 2.19. The van der Waals surface area contributed by atoms with Gasteiger partial charge in [0.05, 0.1) is 10.6 Å². The minimum Gasteiger partial charge on any atom is -0.372 e. The average molecular weight is 295 g/mol. The van der Waals surface area contributed by atoms with E-state index >= 15 is 0 Å². The lowest BCUT2D eigenvalue weighted by Crippen LogP contribution is -2.25. The molecule has 106 valence electrons. The van der Waals surface area contributed by atoms with Crippen LogP contribution in [0, 0.1) is 0 Å². The summed E-state index contributed by atoms with van der Waals surface area (Å²) in [6.07, 6.45) is 4.46. The van der Waals surface area contributed by atoms with Gasteiger partial charge in [0.1, 0.15) is 18.0 Å². The van der Waals surface area contributed by atoms with Gasteiger partial charge in [0.25, 0.3) is 5.91 Å². The second kappa shape index (κ2) is 6.85. The van der Waals surface area contributed by atoms with Gasteiger partial charge in [-0.25, -0.2) is 9.97 Å². The van der Waals surface area contributed by atoms with Crippen LogP contribution < -0.4 is 10.6 Å². The highest BCUT2D eigenvalue weighted by Gasteiger charge is 2.08. The summed E-state index contributed by atoms with van der Waals surface area (Å²) >= 11 is 5.98. The number of amides is 1. The Labute approximate surface area is 121 Å². The lowest BCUT2D eigenvalue weighted by atomic mass is 10.2. The summed E-state index contributed by atoms with van der Waals surface area (Å²) in [5.74, 6) is 1.16. The third-order valence-electron chi connectivity index (χ3n) is 2.68. The van der Waals surface area contributed by atoms with Gasteiger partial charge in [-0.3, -0.25) is 9.89 Å². The van der Waals surface area contributed by atoms with E-state index in [-0.39, 0.29) is 5.91 Å². The highest BCUT2D eigenvalue weighted by atomic mass is 35.5. The zero-order valence-corrected chi connectivity index (χ0v) is 11.7. The molecule has 7 nitrogen and oxygen atoms in total. The second-order valence-corrected chi connectivity index (χ2v) is 4.50. The SMILES string of the molecule is CNc1ncc(C(=O)NCCCc2ncn[nH]2)cc1Cl. The fraction of sp³-hybridized carbons (Fsp3) is 0.333. The number of hydrogen-bond donors (Lipinski definition) is 3. The van der Waals surface area contributed by atoms with Crippen LogP contribution in [0.25, 0.3) is 0 Å². The molecular weight excluding hydrogens is 280 g/mol. The molecule has 0 aliphatic heterocycles. The normalized spacial score (nSPS) is 10.3. The number of hydrogen-bond acceptors (Lipinski definition) is 5. The Morgan fingerprint density at radius 3 is 2.95 bits per heavy atom. The molecule has 3 N–H and O–H groups in total. The first kappa shape index (κ1) is 14.3. The third-order valence-corrected chi connectivity index (χ3v) is 2.97. The van der Waals surface area contributed by atoms with Crippen molar-refractivity contribution in [3.63, 3.8) is 0 Å². The summed E-state index contributed by atoms with van der Waals surface area (Å²) in [5, 5.41) is 12.6. The fourth-order valence-corrected chi connectivity index (χ4v) is 1.92. The number of aromatic amines is 1. The Kier molecular flexibility index (Phi) is 4.89. The van der Waals surface area contributed by atoms with Gasteiger partial charge in [0.15, 0.2) is 0 Å². The smallest absolute Gasteiger partial charge is 0.252 e. The first-order chi connectivity index (χ1) is 9.70. The molecule has 2 aromatic rings. The summed E-state index contributed by atoms with van der Waals surface area (Å²) in [6.45, 7) is 0.547. The van der Waals surface area contributed by atoms with Crippen molar-refractivity contribution < 1.29 is 4.79 Å². The molecule has 0 bridgehead atoms. The number of aromatic nitrogens is 4. The third kappa shape index (κ3) is 3.67. The number of carbonyl (C=O) groups is 1. The molecule has 0 spiro atoms. The van der Waals surface area contributed by atoms with Crippen molar-refractivity contribution in [1.29, 1.82) is 0 Å². The molecule has 0 aromatic carbocycles. The maximum Gasteiger partial charge on any atom is 0.252 e. The van der Waals surface area contributed by atoms with Crippen molar-refractivity contribution in [1.82, 2.24) is 25.5 Å². The van der Waals surface area contributed by atoms with E-state index in [0.29, 0.717) is 22.9 Å². The Morgan fingerprint density at radius 1 is 1.45 bits per heavy atom. The Balaban J connectivity index is 1.81. The maximum absolute atomic E-state index is 11.9. The van der Waals surface area contributed by atoms with Crippen LogP contribution >= 0.6 is 11.6 Å². The number of carbonyl (C=O) groups excluding carboxylic acids is 1. The van der Waals surface area contributed by atoms with Crippen molar-refractivity contribution in [2.24, 2.45) is 0 Å². The van der Waals surface area contributed by atoms with Crippen LogP contribution in [-0.4, -0.2) is 39.7 Å². The molecule has 1 amide bonds. The number of H-pyrrole nitrogens is 1. The lowest BCUT2D eigenvalue weighted by Gasteiger charge is -2.06. The van der Waals surface area contributed by atoms with Gasteiger partial charge in [-0.1, -0.05) is 11.6 Å². The largest absolute Gasteiger partial charge is 0.372 e. The van der Waals surface area contributed by atoms with E-state index in [1.165, 1.54) is 12.5 Å². The molecule has 0 fully saturated rings. The summed E-state index contributed by atoms with van der Waals surface area (Å²) in [4.78, 5) is 20.0. The van der Waals surface area contributed by atoms with Gasteiger partial charge in [-0.05, 0) is 12.5 Å². The Bertz CT molecular complexity index is 571. The zero-order valence-electron chi connectivity index (χ0n) is 11.0. The monoisotopic (exact) mass is 294 g/mol. The van der Waals surface area contributed by atoms with E-state index in [9.17, 15) is 4.79 Å². The van der Waals surface area contributed by atoms with Crippen LogP contribution in [0.2, 0.25) is 5.02 Å². The van der Waals surface area contributed by atoms with Crippen molar-refractivity contribution in [2.45, 2.75) is 12.8 Å². The van der Waals surface area contributed by atoms with Crippen molar-refractivity contribution in [3.8, 4) is 0 Å². The summed E-state index contributed by atoms with van der Waals surface area (Å²) in [5.41, 5.74) is 0.439. The lowest BCUT2D eigenvalue weighted by molar-refractivity contribution is 0.0953. The predicted octanol–water partition coefficient (Wildman–Crippen LogP) is 1.26. The molecule has 0 saturated carbocycles. The number of anilines is 1. The van der Waals surface area contributed by atoms with Crippen LogP contribution in [0.1, 0.15) is 22.6 Å². The van der Waals surface area contributed by atoms with E-state index in [1.807, 2.05) is 0 Å². The number of nitrogens with zero attached hydrogens (tertiary/aromatic N) is 3. The molecule has 2 heterocycles. The van der Waals surface area contributed by atoms with Crippen molar-refractivity contribution in [2.75, 3.05) is 18.9 Å². The van der Waals surface area contributed by atoms with Crippen LogP contribution in [-0.2, 0) is 6.42 Å². The van der Waals surface area contributed by atoms with Crippen molar-refractivity contribution in [3.05, 3.63) is 35.0 Å². The molecule has 0 unspecified atom stereocenters. The van der Waals surface area contributed by atoms with Gasteiger partial charge in [-0.15, -0.1) is 0 Å². The molecule has 0 atom stereocenters. The van der Waals surface area contributed by atoms with E-state index in [1.54, 1.807) is 13.1 Å². The van der Waals surface area contributed by atoms with E-state index in [2.05, 4.69) is 30.8 Å². The number of nitrogens with one attached hydrogen (secondary N) is 3. The second-order valence-electron chi connectivity index (χ2n) is 4.10. The van der Waals surface area contributed by atoms with Crippen LogP contribution in [0.4, 0.5) is 5.82 Å². The number of pyridine rings is 1. The molecule has 8 heteroatoms. The number of aryl methyl sites for hydroxylation is 1.